The molecule has 0 bridgehead atoms. The minimum Gasteiger partial charge on any atom is -0.143 e. The molecule has 0 spiro atoms. The first kappa shape index (κ1) is 16.8. The third kappa shape index (κ3) is 6.13. The van der Waals surface area contributed by atoms with Crippen LogP contribution in [-0.2, 0) is 0 Å². The first-order chi connectivity index (χ1) is 8.02. The zero-order chi connectivity index (χ0) is 12.8. The van der Waals surface area contributed by atoms with Crippen LogP contribution in [0.4, 0.5) is 0 Å². The first-order valence-corrected chi connectivity index (χ1v) is 9.31. The van der Waals surface area contributed by atoms with Gasteiger partial charge >= 0.3 is 0 Å². The highest BCUT2D eigenvalue weighted by Crippen LogP contribution is 2.25. The van der Waals surface area contributed by atoms with E-state index in [-0.39, 0.29) is 0 Å². The Morgan fingerprint density at radius 3 is 1.35 bits per heavy atom. The van der Waals surface area contributed by atoms with E-state index in [0.29, 0.717) is 0 Å². The highest BCUT2D eigenvalue weighted by Gasteiger charge is 2.03. The average Bonchev–Trinajstić information content (AvgIpc) is 2.33. The second-order valence-corrected chi connectivity index (χ2v) is 7.99. The Hall–Kier alpha value is 1.71. The molecule has 0 fully saturated rings. The molecule has 0 aliphatic rings. The lowest BCUT2D eigenvalue weighted by atomic mass is 10.4. The van der Waals surface area contributed by atoms with Crippen LogP contribution in [0.25, 0.3) is 0 Å². The van der Waals surface area contributed by atoms with Crippen LogP contribution in [0.5, 0.6) is 0 Å². The Bertz CT molecular complexity index is 458. The molecule has 0 aliphatic carbocycles. The van der Waals surface area contributed by atoms with Crippen molar-refractivity contribution in [2.75, 3.05) is 0 Å². The Morgan fingerprint density at radius 2 is 1.06 bits per heavy atom. The molecule has 2 aromatic rings. The van der Waals surface area contributed by atoms with Crippen molar-refractivity contribution in [2.24, 2.45) is 0 Å². The predicted molar refractivity (Wildman–Crippen MR) is 111 cm³/mol. The molecule has 0 aromatic heterocycles. The minimum atomic E-state index is 1.02. The lowest BCUT2D eigenvalue weighted by Gasteiger charge is -2.00. The summed E-state index contributed by atoms with van der Waals surface area (Å²) >= 11 is 13.5. The van der Waals surface area contributed by atoms with Gasteiger partial charge in [-0.05, 0) is 115 Å². The smallest absolute Gasteiger partial charge is 0.0408 e. The maximum absolute atomic E-state index is 4.08. The fourth-order valence-electron chi connectivity index (χ4n) is 0.930. The Labute approximate surface area is 162 Å². The molecule has 2 rings (SSSR count). The van der Waals surface area contributed by atoms with Gasteiger partial charge in [-0.3, -0.25) is 0 Å². The van der Waals surface area contributed by atoms with Crippen molar-refractivity contribution >= 4 is 103 Å². The van der Waals surface area contributed by atoms with E-state index in [4.69, 9.17) is 0 Å². The van der Waals surface area contributed by atoms with Crippen LogP contribution in [0, 0.1) is 14.3 Å². The van der Waals surface area contributed by atoms with E-state index in [1.807, 2.05) is 30.3 Å². The zero-order valence-corrected chi connectivity index (χ0v) is 18.0. The molecule has 0 nitrogen and oxygen atoms in total. The summed E-state index contributed by atoms with van der Waals surface area (Å²) in [5, 5.41) is 0. The lowest BCUT2D eigenvalue weighted by Crippen LogP contribution is -1.87. The second kappa shape index (κ2) is 8.80. The van der Waals surface area contributed by atoms with Crippen LogP contribution >= 0.6 is 103 Å². The maximum atomic E-state index is 4.08. The summed E-state index contributed by atoms with van der Waals surface area (Å²) in [6.45, 7) is 0. The molecule has 0 amide bonds. The van der Waals surface area contributed by atoms with Gasteiger partial charge in [-0.1, -0.05) is 18.2 Å². The Kier molecular flexibility index (Phi) is 8.67. The average molecular weight is 692 g/mol. The number of benzene rings is 2. The van der Waals surface area contributed by atoms with E-state index in [1.165, 1.54) is 14.3 Å². The summed E-state index contributed by atoms with van der Waals surface area (Å²) < 4.78 is 5.41. The largest absolute Gasteiger partial charge is 0.143 e. The van der Waals surface area contributed by atoms with Crippen molar-refractivity contribution in [1.82, 2.24) is 0 Å². The molecule has 17 heavy (non-hydrogen) atoms. The van der Waals surface area contributed by atoms with Crippen molar-refractivity contribution < 1.29 is 0 Å². The molecule has 0 saturated heterocycles. The molecule has 0 unspecified atom stereocenters. The standard InChI is InChI=1S/C6H2I4.C6H6S/c7-3-1-2-4(8)6(10)5(3)9;7-6-4-2-1-3-5-6/h1-2H;1-5,7H. The molecule has 90 valence electrons. The van der Waals surface area contributed by atoms with Gasteiger partial charge in [0, 0.05) is 19.2 Å². The van der Waals surface area contributed by atoms with E-state index in [9.17, 15) is 0 Å². The lowest BCUT2D eigenvalue weighted by molar-refractivity contribution is 1.48. The highest BCUT2D eigenvalue weighted by atomic mass is 127. The third-order valence-corrected chi connectivity index (χ3v) is 9.18. The number of thiol groups is 1. The summed E-state index contributed by atoms with van der Waals surface area (Å²) in [6, 6.07) is 14.1. The van der Waals surface area contributed by atoms with Gasteiger partial charge in [0.25, 0.3) is 0 Å². The van der Waals surface area contributed by atoms with Gasteiger partial charge in [-0.15, -0.1) is 12.6 Å². The molecule has 0 radical (unpaired) electrons. The Balaban J connectivity index is 0.000000181. The van der Waals surface area contributed by atoms with Crippen LogP contribution in [0.1, 0.15) is 0 Å². The molecule has 0 aliphatic heterocycles. The normalized spacial score (nSPS) is 9.47. The summed E-state index contributed by atoms with van der Waals surface area (Å²) in [5.41, 5.74) is 0. The van der Waals surface area contributed by atoms with Crippen molar-refractivity contribution in [3.63, 3.8) is 0 Å². The topological polar surface area (TPSA) is 0 Å². The molecule has 0 saturated carbocycles. The van der Waals surface area contributed by atoms with Gasteiger partial charge in [-0.25, -0.2) is 0 Å². The molecule has 2 aromatic carbocycles. The van der Waals surface area contributed by atoms with Crippen molar-refractivity contribution in [1.29, 1.82) is 0 Å². The number of rotatable bonds is 0. The van der Waals surface area contributed by atoms with Gasteiger partial charge in [0.15, 0.2) is 0 Å². The highest BCUT2D eigenvalue weighted by molar-refractivity contribution is 14.1. The molecule has 5 heteroatoms. The van der Waals surface area contributed by atoms with Gasteiger partial charge in [0.1, 0.15) is 0 Å². The van der Waals surface area contributed by atoms with Gasteiger partial charge < -0.3 is 0 Å². The van der Waals surface area contributed by atoms with Crippen LogP contribution in [0.15, 0.2) is 47.4 Å². The van der Waals surface area contributed by atoms with Gasteiger partial charge in [0.05, 0.1) is 0 Å². The fourth-order valence-corrected chi connectivity index (χ4v) is 3.97. The maximum Gasteiger partial charge on any atom is 0.0408 e. The van der Waals surface area contributed by atoms with E-state index in [1.54, 1.807) is 0 Å². The van der Waals surface area contributed by atoms with E-state index < -0.39 is 0 Å². The number of hydrogen-bond donors (Lipinski definition) is 1. The summed E-state index contributed by atoms with van der Waals surface area (Å²) in [5.74, 6) is 0. The zero-order valence-electron chi connectivity index (χ0n) is 8.50. The van der Waals surface area contributed by atoms with Crippen LogP contribution in [0.2, 0.25) is 0 Å². The summed E-state index contributed by atoms with van der Waals surface area (Å²) in [4.78, 5) is 1.02. The van der Waals surface area contributed by atoms with Gasteiger partial charge in [-0.2, -0.15) is 0 Å². The monoisotopic (exact) mass is 692 g/mol. The van der Waals surface area contributed by atoms with Crippen molar-refractivity contribution in [3.8, 4) is 0 Å². The minimum absolute atomic E-state index is 1.02. The van der Waals surface area contributed by atoms with Crippen LogP contribution < -0.4 is 0 Å². The third-order valence-electron chi connectivity index (χ3n) is 1.74. The predicted octanol–water partition coefficient (Wildman–Crippen LogP) is 6.08. The molecular formula is C12H8I4S. The van der Waals surface area contributed by atoms with E-state index in [2.05, 4.69) is 115 Å². The molecular weight excluding hydrogens is 684 g/mol. The van der Waals surface area contributed by atoms with Gasteiger partial charge in [0.2, 0.25) is 0 Å². The van der Waals surface area contributed by atoms with Crippen molar-refractivity contribution in [2.45, 2.75) is 4.90 Å². The quantitative estimate of drug-likeness (QED) is 0.147. The van der Waals surface area contributed by atoms with Crippen molar-refractivity contribution in [3.05, 3.63) is 56.7 Å². The van der Waals surface area contributed by atoms with E-state index >= 15 is 0 Å². The Morgan fingerprint density at radius 1 is 0.647 bits per heavy atom. The number of hydrogen-bond acceptors (Lipinski definition) is 1. The molecule has 0 atom stereocenters. The summed E-state index contributed by atoms with van der Waals surface area (Å²) in [6.07, 6.45) is 0. The number of halogens is 4. The first-order valence-electron chi connectivity index (χ1n) is 4.55. The van der Waals surface area contributed by atoms with Crippen LogP contribution in [0.3, 0.4) is 0 Å². The second-order valence-electron chi connectivity index (χ2n) is 2.99. The molecule has 0 N–H and O–H groups in total. The van der Waals surface area contributed by atoms with Crippen LogP contribution in [-0.4, -0.2) is 0 Å². The SMILES string of the molecule is Ic1ccc(I)c(I)c1I.Sc1ccccc1. The summed E-state index contributed by atoms with van der Waals surface area (Å²) in [7, 11) is 0. The fraction of sp³-hybridized carbons (Fsp3) is 0. The van der Waals surface area contributed by atoms with E-state index in [0.717, 1.165) is 4.90 Å². The molecule has 0 heterocycles.